The molecule has 3 N–H and O–H groups in total. The summed E-state index contributed by atoms with van der Waals surface area (Å²) >= 11 is 0. The van der Waals surface area contributed by atoms with Crippen LogP contribution < -0.4 is 16.0 Å². The van der Waals surface area contributed by atoms with E-state index in [1.807, 2.05) is 56.3 Å². The molecule has 0 atom stereocenters. The van der Waals surface area contributed by atoms with Crippen LogP contribution in [0.2, 0.25) is 0 Å². The quantitative estimate of drug-likeness (QED) is 0.309. The normalized spacial score (nSPS) is 10.4. The molecule has 0 fully saturated rings. The van der Waals surface area contributed by atoms with Crippen LogP contribution in [0.4, 0.5) is 17.3 Å². The van der Waals surface area contributed by atoms with Gasteiger partial charge in [-0.15, -0.1) is 0 Å². The topological polar surface area (TPSA) is 109 Å². The van der Waals surface area contributed by atoms with Gasteiger partial charge in [0.1, 0.15) is 0 Å². The second kappa shape index (κ2) is 11.1. The van der Waals surface area contributed by atoms with Gasteiger partial charge in [-0.3, -0.25) is 14.6 Å². The van der Waals surface area contributed by atoms with Crippen LogP contribution in [-0.4, -0.2) is 26.8 Å². The van der Waals surface area contributed by atoms with Crippen molar-refractivity contribution in [3.8, 4) is 11.3 Å². The standard InChI is InChI=1S/C28H26N6O2/c1-4-26(35)31-17-21-9-10-23(14-19(21)3)32-27(36)20-8-7-18(2)25(15-20)34-28-30-13-11-24(33-28)22-6-5-12-29-16-22/h4-16H,1,17H2,2-3H3,(H,31,35)(H,32,36)(H,30,33,34). The summed E-state index contributed by atoms with van der Waals surface area (Å²) in [5, 5.41) is 8.91. The lowest BCUT2D eigenvalue weighted by molar-refractivity contribution is -0.116. The molecule has 36 heavy (non-hydrogen) atoms. The molecule has 0 saturated carbocycles. The molecule has 4 aromatic rings. The van der Waals surface area contributed by atoms with Gasteiger partial charge in [0.2, 0.25) is 11.9 Å². The van der Waals surface area contributed by atoms with Crippen LogP contribution in [0.5, 0.6) is 0 Å². The molecule has 2 aromatic heterocycles. The molecule has 4 rings (SSSR count). The third-order valence-corrected chi connectivity index (χ3v) is 5.60. The number of hydrogen-bond acceptors (Lipinski definition) is 6. The second-order valence-corrected chi connectivity index (χ2v) is 8.18. The molecule has 180 valence electrons. The first-order valence-corrected chi connectivity index (χ1v) is 11.3. The van der Waals surface area contributed by atoms with Crippen LogP contribution in [0, 0.1) is 13.8 Å². The maximum atomic E-state index is 13.0. The molecule has 0 radical (unpaired) electrons. The molecule has 0 aliphatic heterocycles. The van der Waals surface area contributed by atoms with Crippen LogP contribution in [0.15, 0.2) is 85.8 Å². The van der Waals surface area contributed by atoms with E-state index in [1.54, 1.807) is 30.7 Å². The van der Waals surface area contributed by atoms with E-state index < -0.39 is 0 Å². The third-order valence-electron chi connectivity index (χ3n) is 5.60. The van der Waals surface area contributed by atoms with Crippen molar-refractivity contribution in [1.82, 2.24) is 20.3 Å². The average molecular weight is 479 g/mol. The Morgan fingerprint density at radius 2 is 1.86 bits per heavy atom. The van der Waals surface area contributed by atoms with E-state index in [9.17, 15) is 9.59 Å². The minimum Gasteiger partial charge on any atom is -0.348 e. The summed E-state index contributed by atoms with van der Waals surface area (Å²) in [5.74, 6) is -0.0493. The number of carbonyl (C=O) groups is 2. The number of nitrogens with one attached hydrogen (secondary N) is 3. The summed E-state index contributed by atoms with van der Waals surface area (Å²) in [4.78, 5) is 37.4. The lowest BCUT2D eigenvalue weighted by Gasteiger charge is -2.13. The molecule has 8 nitrogen and oxygen atoms in total. The summed E-state index contributed by atoms with van der Waals surface area (Å²) < 4.78 is 0. The summed E-state index contributed by atoms with van der Waals surface area (Å²) in [6.45, 7) is 7.72. The minimum absolute atomic E-state index is 0.232. The first-order chi connectivity index (χ1) is 17.4. The molecule has 8 heteroatoms. The Labute approximate surface area is 209 Å². The van der Waals surface area contributed by atoms with E-state index in [0.717, 1.165) is 33.6 Å². The van der Waals surface area contributed by atoms with Crippen molar-refractivity contribution >= 4 is 29.1 Å². The lowest BCUT2D eigenvalue weighted by Crippen LogP contribution is -2.20. The summed E-state index contributed by atoms with van der Waals surface area (Å²) in [6.07, 6.45) is 6.37. The van der Waals surface area contributed by atoms with E-state index in [0.29, 0.717) is 23.7 Å². The van der Waals surface area contributed by atoms with Gasteiger partial charge in [0, 0.05) is 47.6 Å². The van der Waals surface area contributed by atoms with Gasteiger partial charge in [-0.2, -0.15) is 0 Å². The lowest BCUT2D eigenvalue weighted by atomic mass is 10.1. The predicted octanol–water partition coefficient (Wildman–Crippen LogP) is 4.95. The first-order valence-electron chi connectivity index (χ1n) is 11.3. The largest absolute Gasteiger partial charge is 0.348 e. The zero-order valence-electron chi connectivity index (χ0n) is 20.1. The number of aryl methyl sites for hydroxylation is 2. The fourth-order valence-corrected chi connectivity index (χ4v) is 3.54. The van der Waals surface area contributed by atoms with Gasteiger partial charge in [0.25, 0.3) is 5.91 Å². The van der Waals surface area contributed by atoms with Gasteiger partial charge in [-0.1, -0.05) is 18.7 Å². The summed E-state index contributed by atoms with van der Waals surface area (Å²) in [5.41, 5.74) is 6.38. The number of amides is 2. The molecular formula is C28H26N6O2. The molecule has 0 spiro atoms. The molecule has 0 unspecified atom stereocenters. The van der Waals surface area contributed by atoms with Crippen molar-refractivity contribution in [3.05, 3.63) is 108 Å². The highest BCUT2D eigenvalue weighted by Gasteiger charge is 2.11. The fraction of sp³-hybridized carbons (Fsp3) is 0.107. The monoisotopic (exact) mass is 478 g/mol. The Morgan fingerprint density at radius 3 is 2.61 bits per heavy atom. The second-order valence-electron chi connectivity index (χ2n) is 8.18. The summed E-state index contributed by atoms with van der Waals surface area (Å²) in [6, 6.07) is 16.6. The van der Waals surface area contributed by atoms with Crippen molar-refractivity contribution < 1.29 is 9.59 Å². The number of hydrogen-bond donors (Lipinski definition) is 3. The smallest absolute Gasteiger partial charge is 0.255 e. The average Bonchev–Trinajstić information content (AvgIpc) is 2.90. The van der Waals surface area contributed by atoms with Crippen molar-refractivity contribution in [2.45, 2.75) is 20.4 Å². The van der Waals surface area contributed by atoms with Gasteiger partial charge in [-0.05, 0) is 79.1 Å². The maximum Gasteiger partial charge on any atom is 0.255 e. The van der Waals surface area contributed by atoms with Crippen molar-refractivity contribution in [1.29, 1.82) is 0 Å². The SMILES string of the molecule is C=CC(=O)NCc1ccc(NC(=O)c2ccc(C)c(Nc3nccc(-c4cccnc4)n3)c2)cc1C. The molecule has 0 saturated heterocycles. The number of nitrogens with zero attached hydrogens (tertiary/aromatic N) is 3. The van der Waals surface area contributed by atoms with Crippen LogP contribution >= 0.6 is 0 Å². The fourth-order valence-electron chi connectivity index (χ4n) is 3.54. The Hall–Kier alpha value is -4.85. The van der Waals surface area contributed by atoms with E-state index >= 15 is 0 Å². The van der Waals surface area contributed by atoms with Crippen LogP contribution in [-0.2, 0) is 11.3 Å². The van der Waals surface area contributed by atoms with Crippen LogP contribution in [0.1, 0.15) is 27.0 Å². The summed E-state index contributed by atoms with van der Waals surface area (Å²) in [7, 11) is 0. The number of aromatic nitrogens is 3. The van der Waals surface area contributed by atoms with Gasteiger partial charge in [0.15, 0.2) is 0 Å². The molecule has 0 aliphatic carbocycles. The zero-order valence-corrected chi connectivity index (χ0v) is 20.1. The zero-order chi connectivity index (χ0) is 25.5. The Morgan fingerprint density at radius 1 is 1.00 bits per heavy atom. The number of carbonyl (C=O) groups excluding carboxylic acids is 2. The van der Waals surface area contributed by atoms with Crippen molar-refractivity contribution in [2.24, 2.45) is 0 Å². The van der Waals surface area contributed by atoms with Crippen LogP contribution in [0.3, 0.4) is 0 Å². The van der Waals surface area contributed by atoms with Gasteiger partial charge < -0.3 is 16.0 Å². The highest BCUT2D eigenvalue weighted by Crippen LogP contribution is 2.23. The Balaban J connectivity index is 1.48. The number of benzene rings is 2. The van der Waals surface area contributed by atoms with Crippen LogP contribution in [0.25, 0.3) is 11.3 Å². The highest BCUT2D eigenvalue weighted by atomic mass is 16.2. The maximum absolute atomic E-state index is 13.0. The molecule has 2 aromatic carbocycles. The highest BCUT2D eigenvalue weighted by molar-refractivity contribution is 6.05. The Kier molecular flexibility index (Phi) is 7.45. The van der Waals surface area contributed by atoms with E-state index in [4.69, 9.17) is 0 Å². The van der Waals surface area contributed by atoms with Crippen molar-refractivity contribution in [3.63, 3.8) is 0 Å². The van der Waals surface area contributed by atoms with Gasteiger partial charge >= 0.3 is 0 Å². The Bertz CT molecular complexity index is 1420. The molecule has 0 bridgehead atoms. The van der Waals surface area contributed by atoms with E-state index in [-0.39, 0.29) is 11.8 Å². The van der Waals surface area contributed by atoms with Gasteiger partial charge in [0.05, 0.1) is 5.69 Å². The third kappa shape index (κ3) is 5.98. The molecular weight excluding hydrogens is 452 g/mol. The predicted molar refractivity (Wildman–Crippen MR) is 141 cm³/mol. The number of rotatable bonds is 8. The molecule has 2 heterocycles. The van der Waals surface area contributed by atoms with Gasteiger partial charge in [-0.25, -0.2) is 9.97 Å². The molecule has 0 aliphatic rings. The van der Waals surface area contributed by atoms with E-state index in [1.165, 1.54) is 6.08 Å². The number of anilines is 3. The van der Waals surface area contributed by atoms with E-state index in [2.05, 4.69) is 37.5 Å². The minimum atomic E-state index is -0.241. The van der Waals surface area contributed by atoms with Crippen molar-refractivity contribution in [2.75, 3.05) is 10.6 Å². The number of pyridine rings is 1. The molecule has 2 amide bonds. The first kappa shape index (κ1) is 24.3.